The van der Waals surface area contributed by atoms with Gasteiger partial charge in [0.25, 0.3) is 0 Å². The summed E-state index contributed by atoms with van der Waals surface area (Å²) in [7, 11) is 0. The van der Waals surface area contributed by atoms with Crippen LogP contribution in [0, 0.1) is 0 Å². The van der Waals surface area contributed by atoms with Crippen molar-refractivity contribution in [1.29, 1.82) is 0 Å². The number of nitrogen functional groups attached to an aromatic ring is 1. The highest BCUT2D eigenvalue weighted by Gasteiger charge is 1.97. The van der Waals surface area contributed by atoms with E-state index in [-0.39, 0.29) is 0 Å². The first-order valence-corrected chi connectivity index (χ1v) is 15.9. The Hall–Kier alpha value is -1.50. The van der Waals surface area contributed by atoms with E-state index in [1.165, 1.54) is 44.9 Å². The predicted molar refractivity (Wildman–Crippen MR) is 166 cm³/mol. The predicted octanol–water partition coefficient (Wildman–Crippen LogP) is 4.92. The third-order valence-corrected chi connectivity index (χ3v) is 6.12. The van der Waals surface area contributed by atoms with Gasteiger partial charge in [0.1, 0.15) is 12.4 Å². The molecule has 0 unspecified atom stereocenters. The number of ether oxygens (including phenoxy) is 9. The van der Waals surface area contributed by atoms with Crippen LogP contribution in [-0.4, -0.2) is 112 Å². The molecule has 0 radical (unpaired) electrons. The summed E-state index contributed by atoms with van der Waals surface area (Å²) in [5, 5.41) is 0. The lowest BCUT2D eigenvalue weighted by Gasteiger charge is -2.09. The van der Waals surface area contributed by atoms with Crippen molar-refractivity contribution in [3.05, 3.63) is 24.3 Å². The minimum Gasteiger partial charge on any atom is -0.491 e. The van der Waals surface area contributed by atoms with E-state index < -0.39 is 0 Å². The fraction of sp³-hybridized carbons (Fsp3) is 0.812. The summed E-state index contributed by atoms with van der Waals surface area (Å²) in [6.07, 6.45) is 10.5. The number of benzene rings is 1. The Labute approximate surface area is 254 Å². The molecule has 0 heterocycles. The average molecular weight is 602 g/mol. The topological polar surface area (TPSA) is 109 Å². The van der Waals surface area contributed by atoms with E-state index in [9.17, 15) is 0 Å². The molecule has 0 fully saturated rings. The zero-order chi connectivity index (χ0) is 30.0. The van der Waals surface area contributed by atoms with Crippen LogP contribution in [0.5, 0.6) is 5.75 Å². The minimum absolute atomic E-state index is 0.483. The first kappa shape index (κ1) is 38.5. The molecule has 246 valence electrons. The molecule has 0 aliphatic carbocycles. The Balaban J connectivity index is 1.63. The summed E-state index contributed by atoms with van der Waals surface area (Å²) in [5.74, 6) is 0.778. The Bertz CT molecular complexity index is 651. The maximum absolute atomic E-state index is 5.64. The van der Waals surface area contributed by atoms with Gasteiger partial charge in [-0.2, -0.15) is 0 Å². The van der Waals surface area contributed by atoms with Gasteiger partial charge in [-0.25, -0.2) is 0 Å². The summed E-state index contributed by atoms with van der Waals surface area (Å²) in [6.45, 7) is 11.7. The summed E-state index contributed by atoms with van der Waals surface area (Å²) >= 11 is 0. The normalized spacial score (nSPS) is 11.4. The molecule has 0 spiro atoms. The Morgan fingerprint density at radius 1 is 0.381 bits per heavy atom. The molecule has 0 aliphatic heterocycles. The van der Waals surface area contributed by atoms with Gasteiger partial charge in [0, 0.05) is 12.3 Å². The van der Waals surface area contributed by atoms with Crippen molar-refractivity contribution in [2.75, 3.05) is 118 Å². The number of nitrogens with two attached hydrogens (primary N) is 1. The third-order valence-electron chi connectivity index (χ3n) is 6.12. The second-order valence-corrected chi connectivity index (χ2v) is 9.79. The Kier molecular flexibility index (Phi) is 29.7. The Morgan fingerprint density at radius 2 is 0.690 bits per heavy atom. The van der Waals surface area contributed by atoms with Crippen LogP contribution in [0.25, 0.3) is 0 Å². The molecule has 0 bridgehead atoms. The molecular weight excluding hydrogens is 542 g/mol. The number of unbranched alkanes of at least 4 members (excludes halogenated alkanes) is 7. The molecule has 0 saturated carbocycles. The highest BCUT2D eigenvalue weighted by molar-refractivity contribution is 5.41. The fourth-order valence-electron chi connectivity index (χ4n) is 3.76. The van der Waals surface area contributed by atoms with Crippen LogP contribution in [0.3, 0.4) is 0 Å². The second kappa shape index (κ2) is 32.4. The lowest BCUT2D eigenvalue weighted by atomic mass is 10.1. The molecule has 10 heteroatoms. The molecule has 0 saturated heterocycles. The molecule has 1 aromatic carbocycles. The lowest BCUT2D eigenvalue weighted by Crippen LogP contribution is -2.15. The van der Waals surface area contributed by atoms with E-state index in [1.807, 2.05) is 12.1 Å². The van der Waals surface area contributed by atoms with Crippen molar-refractivity contribution in [2.24, 2.45) is 0 Å². The summed E-state index contributed by atoms with van der Waals surface area (Å²) in [4.78, 5) is 0. The van der Waals surface area contributed by atoms with Crippen LogP contribution in [-0.2, 0) is 37.9 Å². The van der Waals surface area contributed by atoms with Gasteiger partial charge in [-0.1, -0.05) is 51.9 Å². The van der Waals surface area contributed by atoms with E-state index in [4.69, 9.17) is 48.4 Å². The molecule has 0 aliphatic rings. The molecule has 2 N–H and O–H groups in total. The SMILES string of the molecule is CCCCCCCCCCOCCOCCOCCOCCOCCOCCOCCOCCOc1ccc(N)cc1. The van der Waals surface area contributed by atoms with E-state index in [0.29, 0.717) is 111 Å². The van der Waals surface area contributed by atoms with Crippen molar-refractivity contribution < 1.29 is 42.6 Å². The third kappa shape index (κ3) is 28.6. The second-order valence-electron chi connectivity index (χ2n) is 9.79. The smallest absolute Gasteiger partial charge is 0.119 e. The minimum atomic E-state index is 0.483. The highest BCUT2D eigenvalue weighted by atomic mass is 16.6. The summed E-state index contributed by atoms with van der Waals surface area (Å²) in [6, 6.07) is 7.29. The van der Waals surface area contributed by atoms with Crippen LogP contribution >= 0.6 is 0 Å². The molecule has 0 amide bonds. The van der Waals surface area contributed by atoms with Gasteiger partial charge in [0.15, 0.2) is 0 Å². The van der Waals surface area contributed by atoms with Crippen molar-refractivity contribution in [3.63, 3.8) is 0 Å². The van der Waals surface area contributed by atoms with E-state index in [1.54, 1.807) is 12.1 Å². The molecule has 10 nitrogen and oxygen atoms in total. The number of hydrogen-bond acceptors (Lipinski definition) is 10. The molecule has 0 atom stereocenters. The van der Waals surface area contributed by atoms with Crippen molar-refractivity contribution in [1.82, 2.24) is 0 Å². The first-order valence-electron chi connectivity index (χ1n) is 15.9. The quantitative estimate of drug-likeness (QED) is 0.0864. The van der Waals surface area contributed by atoms with Crippen LogP contribution in [0.1, 0.15) is 58.3 Å². The van der Waals surface area contributed by atoms with Crippen molar-refractivity contribution >= 4 is 5.69 Å². The lowest BCUT2D eigenvalue weighted by molar-refractivity contribution is -0.0236. The van der Waals surface area contributed by atoms with Crippen LogP contribution in [0.2, 0.25) is 0 Å². The van der Waals surface area contributed by atoms with Crippen LogP contribution in [0.15, 0.2) is 24.3 Å². The zero-order valence-electron chi connectivity index (χ0n) is 26.2. The van der Waals surface area contributed by atoms with Gasteiger partial charge >= 0.3 is 0 Å². The largest absolute Gasteiger partial charge is 0.491 e. The molecule has 0 aromatic heterocycles. The number of anilines is 1. The summed E-state index contributed by atoms with van der Waals surface area (Å²) in [5.41, 5.74) is 6.36. The van der Waals surface area contributed by atoms with Gasteiger partial charge in [0.2, 0.25) is 0 Å². The summed E-state index contributed by atoms with van der Waals surface area (Å²) < 4.78 is 49.6. The van der Waals surface area contributed by atoms with Crippen LogP contribution < -0.4 is 10.5 Å². The van der Waals surface area contributed by atoms with Gasteiger partial charge in [-0.3, -0.25) is 0 Å². The molecule has 1 aromatic rings. The molecule has 42 heavy (non-hydrogen) atoms. The number of rotatable bonds is 34. The van der Waals surface area contributed by atoms with Crippen molar-refractivity contribution in [3.8, 4) is 5.75 Å². The van der Waals surface area contributed by atoms with Crippen LogP contribution in [0.4, 0.5) is 5.69 Å². The standard InChI is InChI=1S/C32H59NO9/c1-2-3-4-5-6-7-8-9-14-34-15-16-35-17-18-36-19-20-37-21-22-38-23-24-39-25-26-40-27-28-41-29-30-42-32-12-10-31(33)11-13-32/h10-13H,2-9,14-30,33H2,1H3. The zero-order valence-corrected chi connectivity index (χ0v) is 26.2. The maximum atomic E-state index is 5.64. The van der Waals surface area contributed by atoms with E-state index >= 15 is 0 Å². The Morgan fingerprint density at radius 3 is 1.07 bits per heavy atom. The highest BCUT2D eigenvalue weighted by Crippen LogP contribution is 2.12. The van der Waals surface area contributed by atoms with Gasteiger partial charge in [-0.05, 0) is 30.7 Å². The molecular formula is C32H59NO9. The van der Waals surface area contributed by atoms with E-state index in [0.717, 1.165) is 18.8 Å². The van der Waals surface area contributed by atoms with Gasteiger partial charge in [0.05, 0.1) is 99.1 Å². The average Bonchev–Trinajstić information content (AvgIpc) is 3.00. The van der Waals surface area contributed by atoms with Crippen molar-refractivity contribution in [2.45, 2.75) is 58.3 Å². The number of hydrogen-bond donors (Lipinski definition) is 1. The first-order chi connectivity index (χ1) is 20.8. The maximum Gasteiger partial charge on any atom is 0.119 e. The monoisotopic (exact) mass is 601 g/mol. The fourth-order valence-corrected chi connectivity index (χ4v) is 3.76. The van der Waals surface area contributed by atoms with E-state index in [2.05, 4.69) is 6.92 Å². The van der Waals surface area contributed by atoms with Gasteiger partial charge < -0.3 is 48.4 Å². The van der Waals surface area contributed by atoms with Gasteiger partial charge in [-0.15, -0.1) is 0 Å². The molecule has 1 rings (SSSR count).